The molecule has 2 rings (SSSR count). The first-order valence-corrected chi connectivity index (χ1v) is 6.22. The summed E-state index contributed by atoms with van der Waals surface area (Å²) >= 11 is 0. The van der Waals surface area contributed by atoms with Crippen LogP contribution in [-0.2, 0) is 0 Å². The zero-order valence-corrected chi connectivity index (χ0v) is 10.8. The van der Waals surface area contributed by atoms with Gasteiger partial charge in [0.25, 0.3) is 0 Å². The van der Waals surface area contributed by atoms with Gasteiger partial charge in [0.1, 0.15) is 11.9 Å². The molecule has 0 saturated carbocycles. The predicted octanol–water partition coefficient (Wildman–Crippen LogP) is 2.74. The minimum absolute atomic E-state index is 0.674. The molecule has 90 valence electrons. The third kappa shape index (κ3) is 2.41. The highest BCUT2D eigenvalue weighted by Crippen LogP contribution is 2.27. The van der Waals surface area contributed by atoms with Gasteiger partial charge in [0.15, 0.2) is 0 Å². The quantitative estimate of drug-likeness (QED) is 0.743. The summed E-state index contributed by atoms with van der Waals surface area (Å²) in [6.45, 7) is 8.53. The fraction of sp³-hybridized carbons (Fsp3) is 0.571. The largest absolute Gasteiger partial charge is 0.355 e. The third-order valence-corrected chi connectivity index (χ3v) is 3.42. The Morgan fingerprint density at radius 2 is 2.00 bits per heavy atom. The van der Waals surface area contributed by atoms with Crippen LogP contribution in [0.25, 0.3) is 0 Å². The Bertz CT molecular complexity index is 437. The summed E-state index contributed by atoms with van der Waals surface area (Å²) in [5.41, 5.74) is 1.75. The molecule has 1 aromatic heterocycles. The molecular weight excluding hydrogens is 210 g/mol. The smallest absolute Gasteiger partial charge is 0.146 e. The van der Waals surface area contributed by atoms with Crippen LogP contribution in [0.3, 0.4) is 0 Å². The summed E-state index contributed by atoms with van der Waals surface area (Å²) < 4.78 is 0. The molecule has 0 radical (unpaired) electrons. The summed E-state index contributed by atoms with van der Waals surface area (Å²) in [4.78, 5) is 6.67. The highest BCUT2D eigenvalue weighted by atomic mass is 15.2. The first-order chi connectivity index (χ1) is 8.11. The topological polar surface area (TPSA) is 39.9 Å². The number of rotatable bonds is 1. The van der Waals surface area contributed by atoms with E-state index in [1.165, 1.54) is 6.42 Å². The van der Waals surface area contributed by atoms with E-state index < -0.39 is 0 Å². The molecule has 1 saturated heterocycles. The van der Waals surface area contributed by atoms with Gasteiger partial charge in [-0.05, 0) is 36.8 Å². The van der Waals surface area contributed by atoms with Crippen LogP contribution >= 0.6 is 0 Å². The zero-order valence-electron chi connectivity index (χ0n) is 10.8. The van der Waals surface area contributed by atoms with Gasteiger partial charge in [-0.1, -0.05) is 13.8 Å². The second kappa shape index (κ2) is 4.75. The van der Waals surface area contributed by atoms with Gasteiger partial charge < -0.3 is 4.90 Å². The van der Waals surface area contributed by atoms with Crippen molar-refractivity contribution in [2.45, 2.75) is 27.2 Å². The van der Waals surface area contributed by atoms with Gasteiger partial charge in [-0.15, -0.1) is 0 Å². The van der Waals surface area contributed by atoms with E-state index in [2.05, 4.69) is 29.8 Å². The van der Waals surface area contributed by atoms with Crippen molar-refractivity contribution in [3.63, 3.8) is 0 Å². The third-order valence-electron chi connectivity index (χ3n) is 3.42. The van der Waals surface area contributed by atoms with E-state index in [1.807, 2.05) is 13.0 Å². The maximum atomic E-state index is 9.25. The summed E-state index contributed by atoms with van der Waals surface area (Å²) in [5, 5.41) is 9.25. The van der Waals surface area contributed by atoms with Crippen LogP contribution in [0, 0.1) is 30.1 Å². The lowest BCUT2D eigenvalue weighted by Crippen LogP contribution is -2.39. The molecule has 0 aliphatic carbocycles. The van der Waals surface area contributed by atoms with Gasteiger partial charge in [0.05, 0.1) is 5.56 Å². The number of hydrogen-bond donors (Lipinski definition) is 0. The molecule has 17 heavy (non-hydrogen) atoms. The molecule has 0 aromatic carbocycles. The molecule has 0 spiro atoms. The molecule has 3 nitrogen and oxygen atoms in total. The zero-order chi connectivity index (χ0) is 12.4. The summed E-state index contributed by atoms with van der Waals surface area (Å²) in [6.07, 6.45) is 3.07. The van der Waals surface area contributed by atoms with Crippen molar-refractivity contribution in [2.75, 3.05) is 18.0 Å². The maximum Gasteiger partial charge on any atom is 0.146 e. The lowest BCUT2D eigenvalue weighted by atomic mass is 9.91. The highest BCUT2D eigenvalue weighted by molar-refractivity contribution is 5.57. The fourth-order valence-corrected chi connectivity index (χ4v) is 2.76. The molecule has 3 heteroatoms. The highest BCUT2D eigenvalue weighted by Gasteiger charge is 2.24. The van der Waals surface area contributed by atoms with Gasteiger partial charge in [-0.2, -0.15) is 5.26 Å². The molecule has 2 heterocycles. The molecule has 0 amide bonds. The standard InChI is InChI=1S/C14H19N3/c1-10-6-11(2)9-17(8-10)14-13(7-15)12(3)4-5-16-14/h4-5,10-11H,6,8-9H2,1-3H3. The van der Waals surface area contributed by atoms with Gasteiger partial charge in [-0.3, -0.25) is 0 Å². The van der Waals surface area contributed by atoms with E-state index in [1.54, 1.807) is 6.20 Å². The first-order valence-electron chi connectivity index (χ1n) is 6.22. The van der Waals surface area contributed by atoms with Crippen LogP contribution in [-0.4, -0.2) is 18.1 Å². The predicted molar refractivity (Wildman–Crippen MR) is 68.8 cm³/mol. The van der Waals surface area contributed by atoms with E-state index in [0.29, 0.717) is 11.8 Å². The lowest BCUT2D eigenvalue weighted by molar-refractivity contribution is 0.355. The Labute approximate surface area is 103 Å². The normalized spacial score (nSPS) is 24.5. The van der Waals surface area contributed by atoms with Gasteiger partial charge in [0, 0.05) is 19.3 Å². The van der Waals surface area contributed by atoms with Crippen LogP contribution in [0.4, 0.5) is 5.82 Å². The van der Waals surface area contributed by atoms with Crippen molar-refractivity contribution in [1.82, 2.24) is 4.98 Å². The van der Waals surface area contributed by atoms with Crippen LogP contribution in [0.1, 0.15) is 31.4 Å². The number of anilines is 1. The number of nitriles is 1. The number of aryl methyl sites for hydroxylation is 1. The second-order valence-electron chi connectivity index (χ2n) is 5.29. The minimum atomic E-state index is 0.674. The maximum absolute atomic E-state index is 9.25. The average Bonchev–Trinajstić information content (AvgIpc) is 2.27. The van der Waals surface area contributed by atoms with E-state index in [9.17, 15) is 5.26 Å². The number of hydrogen-bond acceptors (Lipinski definition) is 3. The van der Waals surface area contributed by atoms with Crippen LogP contribution < -0.4 is 4.90 Å². The van der Waals surface area contributed by atoms with E-state index in [4.69, 9.17) is 0 Å². The average molecular weight is 229 g/mol. The van der Waals surface area contributed by atoms with Gasteiger partial charge >= 0.3 is 0 Å². The molecule has 0 bridgehead atoms. The van der Waals surface area contributed by atoms with Crippen molar-refractivity contribution < 1.29 is 0 Å². The molecule has 1 aromatic rings. The number of pyridine rings is 1. The van der Waals surface area contributed by atoms with Crippen LogP contribution in [0.5, 0.6) is 0 Å². The summed E-state index contributed by atoms with van der Waals surface area (Å²) in [7, 11) is 0. The fourth-order valence-electron chi connectivity index (χ4n) is 2.76. The Morgan fingerprint density at radius 1 is 1.35 bits per heavy atom. The Morgan fingerprint density at radius 3 is 2.59 bits per heavy atom. The SMILES string of the molecule is Cc1ccnc(N2CC(C)CC(C)C2)c1C#N. The molecule has 0 N–H and O–H groups in total. The Balaban J connectivity index is 2.34. The van der Waals surface area contributed by atoms with Crippen molar-refractivity contribution >= 4 is 5.82 Å². The van der Waals surface area contributed by atoms with Crippen molar-refractivity contribution in [3.8, 4) is 6.07 Å². The molecule has 1 aliphatic rings. The van der Waals surface area contributed by atoms with E-state index in [0.717, 1.165) is 30.0 Å². The van der Waals surface area contributed by atoms with Crippen LogP contribution in [0.2, 0.25) is 0 Å². The molecule has 1 aliphatic heterocycles. The number of piperidine rings is 1. The number of nitrogens with zero attached hydrogens (tertiary/aromatic N) is 3. The Kier molecular flexibility index (Phi) is 3.33. The van der Waals surface area contributed by atoms with Crippen molar-refractivity contribution in [2.24, 2.45) is 11.8 Å². The van der Waals surface area contributed by atoms with Gasteiger partial charge in [0.2, 0.25) is 0 Å². The summed E-state index contributed by atoms with van der Waals surface area (Å²) in [6, 6.07) is 4.19. The lowest BCUT2D eigenvalue weighted by Gasteiger charge is -2.36. The van der Waals surface area contributed by atoms with E-state index in [-0.39, 0.29) is 0 Å². The number of aromatic nitrogens is 1. The minimum Gasteiger partial charge on any atom is -0.355 e. The summed E-state index contributed by atoms with van der Waals surface area (Å²) in [5.74, 6) is 2.21. The monoisotopic (exact) mass is 229 g/mol. The molecular formula is C14H19N3. The van der Waals surface area contributed by atoms with Crippen molar-refractivity contribution in [3.05, 3.63) is 23.4 Å². The first kappa shape index (κ1) is 11.9. The second-order valence-corrected chi connectivity index (χ2v) is 5.29. The Hall–Kier alpha value is -1.56. The van der Waals surface area contributed by atoms with E-state index >= 15 is 0 Å². The van der Waals surface area contributed by atoms with Crippen LogP contribution in [0.15, 0.2) is 12.3 Å². The molecule has 2 unspecified atom stereocenters. The van der Waals surface area contributed by atoms with Gasteiger partial charge in [-0.25, -0.2) is 4.98 Å². The molecule has 1 fully saturated rings. The van der Waals surface area contributed by atoms with Crippen molar-refractivity contribution in [1.29, 1.82) is 5.26 Å². The molecule has 2 atom stereocenters.